The summed E-state index contributed by atoms with van der Waals surface area (Å²) in [6.07, 6.45) is 8.31. The quantitative estimate of drug-likeness (QED) is 0.306. The number of ether oxygens (including phenoxy) is 1. The number of aromatic nitrogens is 2. The lowest BCUT2D eigenvalue weighted by atomic mass is 10.1. The van der Waals surface area contributed by atoms with Crippen molar-refractivity contribution in [3.05, 3.63) is 41.3 Å². The van der Waals surface area contributed by atoms with Gasteiger partial charge < -0.3 is 19.4 Å². The predicted octanol–water partition coefficient (Wildman–Crippen LogP) is 5.19. The van der Waals surface area contributed by atoms with Crippen LogP contribution in [0.25, 0.3) is 5.69 Å². The fraction of sp³-hybridized carbons (Fsp3) is 0.655. The molecular weight excluding hydrogens is 469 g/mol. The van der Waals surface area contributed by atoms with E-state index in [-0.39, 0.29) is 11.7 Å². The first kappa shape index (κ1) is 29.1. The monoisotopic (exact) mass is 515 g/mol. The molecule has 2 heterocycles. The number of likely N-dealkylation sites (N-methyl/N-ethyl adjacent to an activating group) is 1. The van der Waals surface area contributed by atoms with Gasteiger partial charge in [0, 0.05) is 58.4 Å². The molecule has 37 heavy (non-hydrogen) atoms. The zero-order valence-electron chi connectivity index (χ0n) is 23.3. The van der Waals surface area contributed by atoms with E-state index in [1.807, 2.05) is 22.6 Å². The van der Waals surface area contributed by atoms with Crippen LogP contribution in [0, 0.1) is 12.7 Å². The van der Waals surface area contributed by atoms with Crippen molar-refractivity contribution in [3.8, 4) is 5.69 Å². The highest BCUT2D eigenvalue weighted by Gasteiger charge is 2.27. The number of methoxy groups -OCH3 is 1. The molecule has 0 atom stereocenters. The van der Waals surface area contributed by atoms with E-state index in [1.54, 1.807) is 13.2 Å². The van der Waals surface area contributed by atoms with Crippen LogP contribution >= 0.6 is 0 Å². The Morgan fingerprint density at radius 3 is 2.51 bits per heavy atom. The van der Waals surface area contributed by atoms with Gasteiger partial charge in [0.05, 0.1) is 17.9 Å². The maximum absolute atomic E-state index is 14.2. The zero-order chi connectivity index (χ0) is 26.6. The number of amides is 1. The van der Waals surface area contributed by atoms with Crippen molar-refractivity contribution >= 4 is 11.7 Å². The molecule has 7 nitrogen and oxygen atoms in total. The number of halogens is 1. The number of aryl methyl sites for hydroxylation is 1. The van der Waals surface area contributed by atoms with Crippen molar-refractivity contribution in [2.45, 2.75) is 71.8 Å². The first-order valence-electron chi connectivity index (χ1n) is 14.0. The molecule has 8 heteroatoms. The Balaban J connectivity index is 1.85. The van der Waals surface area contributed by atoms with Gasteiger partial charge in [0.15, 0.2) is 0 Å². The highest BCUT2D eigenvalue weighted by Crippen LogP contribution is 2.30. The largest absolute Gasteiger partial charge is 0.385 e. The molecule has 2 aromatic rings. The summed E-state index contributed by atoms with van der Waals surface area (Å²) in [5.74, 6) is 0.876. The second kappa shape index (κ2) is 15.1. The Morgan fingerprint density at radius 1 is 1.08 bits per heavy atom. The number of anilines is 1. The van der Waals surface area contributed by atoms with Crippen LogP contribution in [0.15, 0.2) is 24.3 Å². The lowest BCUT2D eigenvalue weighted by Gasteiger charge is -2.35. The Hall–Kier alpha value is -2.45. The Labute approximate surface area is 222 Å². The molecule has 0 N–H and O–H groups in total. The van der Waals surface area contributed by atoms with Crippen molar-refractivity contribution in [2.75, 3.05) is 58.4 Å². The molecule has 0 radical (unpaired) electrons. The van der Waals surface area contributed by atoms with E-state index in [4.69, 9.17) is 9.84 Å². The Bertz CT molecular complexity index is 971. The van der Waals surface area contributed by atoms with Crippen molar-refractivity contribution < 1.29 is 13.9 Å². The topological polar surface area (TPSA) is 53.8 Å². The molecule has 0 spiro atoms. The zero-order valence-corrected chi connectivity index (χ0v) is 23.3. The predicted molar refractivity (Wildman–Crippen MR) is 148 cm³/mol. The van der Waals surface area contributed by atoms with Crippen LogP contribution in [-0.4, -0.2) is 79.0 Å². The minimum atomic E-state index is -0.285. The molecule has 3 rings (SSSR count). The second-order valence-electron chi connectivity index (χ2n) is 10.2. The fourth-order valence-corrected chi connectivity index (χ4v) is 4.96. The summed E-state index contributed by atoms with van der Waals surface area (Å²) in [4.78, 5) is 20.0. The van der Waals surface area contributed by atoms with E-state index in [0.717, 1.165) is 62.5 Å². The number of unbranched alkanes of at least 4 members (excludes halogenated alkanes) is 5. The van der Waals surface area contributed by atoms with E-state index in [2.05, 4.69) is 23.8 Å². The number of hydrogen-bond donors (Lipinski definition) is 0. The highest BCUT2D eigenvalue weighted by molar-refractivity contribution is 5.76. The van der Waals surface area contributed by atoms with Crippen LogP contribution in [0.4, 0.5) is 10.2 Å². The minimum Gasteiger partial charge on any atom is -0.385 e. The van der Waals surface area contributed by atoms with Crippen LogP contribution in [0.2, 0.25) is 0 Å². The molecule has 206 valence electrons. The highest BCUT2D eigenvalue weighted by atomic mass is 19.1. The molecule has 0 bridgehead atoms. The van der Waals surface area contributed by atoms with E-state index in [9.17, 15) is 9.18 Å². The van der Waals surface area contributed by atoms with Gasteiger partial charge in [-0.05, 0) is 45.0 Å². The third-order valence-electron chi connectivity index (χ3n) is 7.24. The summed E-state index contributed by atoms with van der Waals surface area (Å²) in [6.45, 7) is 9.60. The molecule has 0 aliphatic carbocycles. The lowest BCUT2D eigenvalue weighted by molar-refractivity contribution is -0.132. The molecule has 1 saturated heterocycles. The molecule has 1 aromatic heterocycles. The van der Waals surface area contributed by atoms with Crippen LogP contribution in [0.1, 0.15) is 69.5 Å². The van der Waals surface area contributed by atoms with E-state index >= 15 is 0 Å². The van der Waals surface area contributed by atoms with Gasteiger partial charge in [0.25, 0.3) is 0 Å². The summed E-state index contributed by atoms with van der Waals surface area (Å²) < 4.78 is 21.3. The van der Waals surface area contributed by atoms with Gasteiger partial charge in [0.1, 0.15) is 11.6 Å². The van der Waals surface area contributed by atoms with Crippen LogP contribution < -0.4 is 4.90 Å². The van der Waals surface area contributed by atoms with Crippen molar-refractivity contribution in [2.24, 2.45) is 0 Å². The van der Waals surface area contributed by atoms with E-state index in [1.165, 1.54) is 37.8 Å². The maximum Gasteiger partial charge on any atom is 0.222 e. The maximum atomic E-state index is 14.2. The Morgan fingerprint density at radius 2 is 1.81 bits per heavy atom. The van der Waals surface area contributed by atoms with E-state index in [0.29, 0.717) is 31.8 Å². The van der Waals surface area contributed by atoms with Crippen molar-refractivity contribution in [3.63, 3.8) is 0 Å². The van der Waals surface area contributed by atoms with Crippen molar-refractivity contribution in [1.82, 2.24) is 19.6 Å². The van der Waals surface area contributed by atoms with Gasteiger partial charge in [-0.25, -0.2) is 9.07 Å². The summed E-state index contributed by atoms with van der Waals surface area (Å²) in [5.41, 5.74) is 2.62. The van der Waals surface area contributed by atoms with Crippen molar-refractivity contribution in [1.29, 1.82) is 0 Å². The van der Waals surface area contributed by atoms with Gasteiger partial charge in [-0.1, -0.05) is 45.1 Å². The van der Waals surface area contributed by atoms with Crippen LogP contribution in [0.3, 0.4) is 0 Å². The number of rotatable bonds is 15. The summed E-state index contributed by atoms with van der Waals surface area (Å²) >= 11 is 0. The van der Waals surface area contributed by atoms with Crippen LogP contribution in [-0.2, 0) is 16.1 Å². The first-order chi connectivity index (χ1) is 17.9. The molecular formula is C29H46FN5O2. The third-order valence-corrected chi connectivity index (χ3v) is 7.24. The number of hydrogen-bond acceptors (Lipinski definition) is 5. The molecule has 0 saturated carbocycles. The summed E-state index contributed by atoms with van der Waals surface area (Å²) in [7, 11) is 3.83. The molecule has 1 aliphatic rings. The average Bonchev–Trinajstić information content (AvgIpc) is 3.21. The van der Waals surface area contributed by atoms with Gasteiger partial charge in [-0.15, -0.1) is 0 Å². The molecule has 1 aromatic carbocycles. The fourth-order valence-electron chi connectivity index (χ4n) is 4.96. The van der Waals surface area contributed by atoms with Gasteiger partial charge in [-0.2, -0.15) is 5.10 Å². The number of carbonyl (C=O) groups is 1. The SMILES string of the molecule is CCCCCCCCC(=O)N(CCCOC)Cc1c(C)nn(-c2cccc(F)c2)c1N1CCN(C)CC1. The summed E-state index contributed by atoms with van der Waals surface area (Å²) in [5, 5.41) is 4.86. The Kier molecular flexibility index (Phi) is 11.9. The minimum absolute atomic E-state index is 0.189. The standard InChI is InChI=1S/C29H46FN5O2/c1-5-6-7-8-9-10-15-28(36)34(16-12-21-37-4)23-27-24(2)31-35(26-14-11-13-25(30)22-26)29(27)33-19-17-32(3)18-20-33/h11,13-14,22H,5-10,12,15-21,23H2,1-4H3. The normalized spacial score (nSPS) is 14.4. The summed E-state index contributed by atoms with van der Waals surface area (Å²) in [6, 6.07) is 6.58. The lowest BCUT2D eigenvalue weighted by Crippen LogP contribution is -2.45. The average molecular weight is 516 g/mol. The van der Waals surface area contributed by atoms with E-state index < -0.39 is 0 Å². The second-order valence-corrected chi connectivity index (χ2v) is 10.2. The number of carbonyl (C=O) groups excluding carboxylic acids is 1. The third kappa shape index (κ3) is 8.54. The van der Waals surface area contributed by atoms with Gasteiger partial charge in [0.2, 0.25) is 5.91 Å². The molecule has 1 fully saturated rings. The smallest absolute Gasteiger partial charge is 0.222 e. The van der Waals surface area contributed by atoms with Gasteiger partial charge in [-0.3, -0.25) is 4.79 Å². The number of nitrogens with zero attached hydrogens (tertiary/aromatic N) is 5. The first-order valence-corrected chi connectivity index (χ1v) is 14.0. The van der Waals surface area contributed by atoms with Gasteiger partial charge >= 0.3 is 0 Å². The van der Waals surface area contributed by atoms with Crippen LogP contribution in [0.5, 0.6) is 0 Å². The number of piperazine rings is 1. The molecule has 1 aliphatic heterocycles. The number of benzene rings is 1. The molecule has 1 amide bonds. The molecule has 0 unspecified atom stereocenters.